The van der Waals surface area contributed by atoms with Crippen molar-refractivity contribution in [1.29, 1.82) is 0 Å². The van der Waals surface area contributed by atoms with Crippen LogP contribution in [0.25, 0.3) is 0 Å². The second-order valence-electron chi connectivity index (χ2n) is 23.9. The molecule has 2 aliphatic carbocycles. The average molecular weight is 987 g/mol. The van der Waals surface area contributed by atoms with Crippen LogP contribution >= 0.6 is 0 Å². The Kier molecular flexibility index (Phi) is 18.5. The smallest absolute Gasteiger partial charge is 0.460 e. The largest absolute Gasteiger partial charge is 0.485 e. The molecule has 10 atom stereocenters. The molecule has 70 heavy (non-hydrogen) atoms. The lowest BCUT2D eigenvalue weighted by molar-refractivity contribution is -0.156. The molecule has 2 bridgehead atoms. The van der Waals surface area contributed by atoms with E-state index in [2.05, 4.69) is 53.9 Å². The van der Waals surface area contributed by atoms with Gasteiger partial charge in [0.05, 0.1) is 24.1 Å². The van der Waals surface area contributed by atoms with Crippen LogP contribution < -0.4 is 26.6 Å². The number of carbonyl (C=O) groups is 8. The molecule has 4 fully saturated rings. The zero-order valence-corrected chi connectivity index (χ0v) is 44.6. The summed E-state index contributed by atoms with van der Waals surface area (Å²) in [5.74, 6) is -5.98. The molecule has 19 nitrogen and oxygen atoms in total. The summed E-state index contributed by atoms with van der Waals surface area (Å²) < 4.78 is 29.3. The second kappa shape index (κ2) is 22.4. The van der Waals surface area contributed by atoms with Gasteiger partial charge in [-0.3, -0.25) is 33.6 Å². The van der Waals surface area contributed by atoms with Gasteiger partial charge in [0.1, 0.15) is 47.0 Å². The summed E-state index contributed by atoms with van der Waals surface area (Å²) in [7, 11) is -0.745. The molecule has 2 saturated heterocycles. The van der Waals surface area contributed by atoms with E-state index in [0.717, 1.165) is 12.8 Å². The molecule has 0 radical (unpaired) electrons. The van der Waals surface area contributed by atoms with E-state index in [4.69, 9.17) is 23.5 Å². The standard InChI is InChI=1S/C50H83BN6O13/c1-18-34(51-69-39-29-21-23-33(49(29,15)16)50(39,17)70-51)54-42(62)32-20-19-25-57(32)44(64)38(28(4)5)56-43(63)37(27(2)3)55-40(60)30(22-24-35(58)66-46(6,7)8)52-41(61)31(26-36(59)67-47(9,10)11)53-45(65)68-48(12,13)14/h18,27-34,37-39H,1,19-26H2,2-17H3,(H,52,61)(H,53,65)(H,54,62)(H,55,60)(H,56,63)/t29?,30-,31-,32-,33?,34-,37-,38-,39?,50-/m0/s1. The maximum atomic E-state index is 14.4. The number of fused-ring (bicyclic) bond motifs is 5. The monoisotopic (exact) mass is 987 g/mol. The molecule has 0 aromatic rings. The highest BCUT2D eigenvalue weighted by molar-refractivity contribution is 6.48. The molecule has 20 heteroatoms. The van der Waals surface area contributed by atoms with Crippen LogP contribution in [-0.4, -0.2) is 131 Å². The molecule has 3 unspecified atom stereocenters. The lowest BCUT2D eigenvalue weighted by atomic mass is 9.75. The molecule has 2 aliphatic heterocycles. The Bertz CT molecular complexity index is 1940. The summed E-state index contributed by atoms with van der Waals surface area (Å²) in [6.07, 6.45) is 2.22. The predicted molar refractivity (Wildman–Crippen MR) is 261 cm³/mol. The van der Waals surface area contributed by atoms with Crippen molar-refractivity contribution in [3.63, 3.8) is 0 Å². The summed E-state index contributed by atoms with van der Waals surface area (Å²) in [6, 6.07) is -6.30. The Morgan fingerprint density at radius 3 is 1.81 bits per heavy atom. The Labute approximate surface area is 415 Å². The van der Waals surface area contributed by atoms with E-state index in [-0.39, 0.29) is 30.9 Å². The van der Waals surface area contributed by atoms with Crippen molar-refractivity contribution >= 4 is 54.7 Å². The van der Waals surface area contributed by atoms with Gasteiger partial charge in [-0.05, 0) is 130 Å². The summed E-state index contributed by atoms with van der Waals surface area (Å²) in [4.78, 5) is 111. The van der Waals surface area contributed by atoms with Crippen LogP contribution in [0.2, 0.25) is 0 Å². The molecular weight excluding hydrogens is 903 g/mol. The number of esters is 2. The van der Waals surface area contributed by atoms with E-state index < -0.39 is 131 Å². The molecule has 2 heterocycles. The van der Waals surface area contributed by atoms with Gasteiger partial charge in [-0.25, -0.2) is 4.79 Å². The lowest BCUT2D eigenvalue weighted by Gasteiger charge is -2.35. The molecule has 4 rings (SSSR count). The number of alkyl carbamates (subject to hydrolysis) is 1. The van der Waals surface area contributed by atoms with Crippen LogP contribution in [0, 0.1) is 29.1 Å². The predicted octanol–water partition coefficient (Wildman–Crippen LogP) is 4.43. The van der Waals surface area contributed by atoms with Crippen molar-refractivity contribution in [2.24, 2.45) is 29.1 Å². The fraction of sp³-hybridized carbons (Fsp3) is 0.800. The average Bonchev–Trinajstić information content (AvgIpc) is 3.94. The van der Waals surface area contributed by atoms with Crippen LogP contribution in [0.4, 0.5) is 4.79 Å². The number of likely N-dealkylation sites (tertiary alicyclic amines) is 1. The SMILES string of the molecule is C=C[C@H](NC(=O)[C@@H]1CCCN1C(=O)[C@@H](NC(=O)[C@@H](NC(=O)[C@H](CCC(=O)OC(C)(C)C)NC(=O)[C@H](CC(=O)OC(C)(C)C)NC(=O)OC(C)(C)C)C(C)C)C(C)C)B1OC2C3CCC(C3(C)C)[C@]2(C)O1. The summed E-state index contributed by atoms with van der Waals surface area (Å²) >= 11 is 0. The molecule has 0 spiro atoms. The molecule has 0 aromatic carbocycles. The number of rotatable bonds is 19. The summed E-state index contributed by atoms with van der Waals surface area (Å²) in [5, 5.41) is 13.5. The van der Waals surface area contributed by atoms with E-state index in [1.807, 2.05) is 0 Å². The van der Waals surface area contributed by atoms with Gasteiger partial charge >= 0.3 is 25.2 Å². The van der Waals surface area contributed by atoms with Crippen LogP contribution in [0.5, 0.6) is 0 Å². The molecule has 4 aliphatic rings. The Morgan fingerprint density at radius 1 is 0.714 bits per heavy atom. The molecule has 0 aromatic heterocycles. The Balaban J connectivity index is 1.50. The Morgan fingerprint density at radius 2 is 1.27 bits per heavy atom. The molecule has 5 N–H and O–H groups in total. The van der Waals surface area contributed by atoms with Gasteiger partial charge < -0.3 is 55.0 Å². The minimum Gasteiger partial charge on any atom is -0.460 e. The zero-order valence-electron chi connectivity index (χ0n) is 44.6. The van der Waals surface area contributed by atoms with Crippen molar-refractivity contribution in [3.05, 3.63) is 12.7 Å². The number of carbonyl (C=O) groups excluding carboxylic acids is 8. The van der Waals surface area contributed by atoms with Gasteiger partial charge in [0.25, 0.3) is 0 Å². The third-order valence-corrected chi connectivity index (χ3v) is 13.6. The van der Waals surface area contributed by atoms with Crippen LogP contribution in [0.1, 0.15) is 156 Å². The molecule has 2 saturated carbocycles. The minimum absolute atomic E-state index is 0.0770. The topological polar surface area (TPSA) is 246 Å². The van der Waals surface area contributed by atoms with Gasteiger partial charge in [-0.1, -0.05) is 47.6 Å². The number of hydrogen-bond donors (Lipinski definition) is 5. The third kappa shape index (κ3) is 14.7. The number of nitrogens with zero attached hydrogens (tertiary/aromatic N) is 1. The van der Waals surface area contributed by atoms with Gasteiger partial charge in [0.15, 0.2) is 0 Å². The van der Waals surface area contributed by atoms with Gasteiger partial charge in [0, 0.05) is 13.0 Å². The number of amides is 6. The van der Waals surface area contributed by atoms with E-state index in [1.54, 1.807) is 96.1 Å². The lowest BCUT2D eigenvalue weighted by Crippen LogP contribution is -2.61. The minimum atomic E-state index is -1.59. The van der Waals surface area contributed by atoms with Gasteiger partial charge in [-0.2, -0.15) is 0 Å². The quantitative estimate of drug-likeness (QED) is 0.0521. The van der Waals surface area contributed by atoms with Crippen molar-refractivity contribution in [3.8, 4) is 0 Å². The van der Waals surface area contributed by atoms with Crippen LogP contribution in [0.3, 0.4) is 0 Å². The van der Waals surface area contributed by atoms with Crippen LogP contribution in [-0.2, 0) is 57.1 Å². The summed E-state index contributed by atoms with van der Waals surface area (Å²) in [5.41, 5.74) is -3.17. The highest BCUT2D eigenvalue weighted by Crippen LogP contribution is 2.66. The first-order valence-electron chi connectivity index (χ1n) is 25.0. The van der Waals surface area contributed by atoms with E-state index in [1.165, 1.54) is 4.90 Å². The number of nitrogens with one attached hydrogen (secondary N) is 5. The zero-order chi connectivity index (χ0) is 53.1. The molecular formula is C50H83BN6O13. The first kappa shape index (κ1) is 57.9. The second-order valence-corrected chi connectivity index (χ2v) is 23.9. The highest BCUT2D eigenvalue weighted by Gasteiger charge is 2.71. The number of ether oxygens (including phenoxy) is 3. The maximum absolute atomic E-state index is 14.4. The molecule has 394 valence electrons. The first-order valence-corrected chi connectivity index (χ1v) is 25.0. The first-order chi connectivity index (χ1) is 32.1. The van der Waals surface area contributed by atoms with Crippen molar-refractivity contribution in [1.82, 2.24) is 31.5 Å². The maximum Gasteiger partial charge on any atom is 0.485 e. The van der Waals surface area contributed by atoms with Crippen molar-refractivity contribution < 1.29 is 61.9 Å². The van der Waals surface area contributed by atoms with Gasteiger partial charge in [0.2, 0.25) is 29.5 Å². The van der Waals surface area contributed by atoms with Crippen molar-refractivity contribution in [2.75, 3.05) is 6.54 Å². The highest BCUT2D eigenvalue weighted by atomic mass is 16.7. The number of hydrogen-bond acceptors (Lipinski definition) is 13. The van der Waals surface area contributed by atoms with E-state index in [0.29, 0.717) is 24.7 Å². The fourth-order valence-electron chi connectivity index (χ4n) is 10.4. The van der Waals surface area contributed by atoms with E-state index >= 15 is 0 Å². The Hall–Kier alpha value is -4.72. The fourth-order valence-corrected chi connectivity index (χ4v) is 10.4. The van der Waals surface area contributed by atoms with Crippen LogP contribution in [0.15, 0.2) is 12.7 Å². The van der Waals surface area contributed by atoms with Gasteiger partial charge in [-0.15, -0.1) is 6.58 Å². The molecule has 6 amide bonds. The summed E-state index contributed by atoms with van der Waals surface area (Å²) in [6.45, 7) is 32.5. The van der Waals surface area contributed by atoms with E-state index in [9.17, 15) is 38.4 Å². The van der Waals surface area contributed by atoms with Crippen molar-refractivity contribution in [2.45, 2.75) is 220 Å². The third-order valence-electron chi connectivity index (χ3n) is 13.6. The normalized spacial score (nSPS) is 24.9.